The molecule has 2 heteroatoms. The number of rotatable bonds is 4. The van der Waals surface area contributed by atoms with Crippen molar-refractivity contribution in [2.24, 2.45) is 0 Å². The number of H-pyrrole nitrogens is 1. The number of aromatic amines is 1. The van der Waals surface area contributed by atoms with E-state index in [0.717, 1.165) is 32.3 Å². The van der Waals surface area contributed by atoms with Gasteiger partial charge in [-0.05, 0) is 36.0 Å². The maximum absolute atomic E-state index is 6.49. The highest BCUT2D eigenvalue weighted by molar-refractivity contribution is 5.88. The third-order valence-corrected chi connectivity index (χ3v) is 5.36. The van der Waals surface area contributed by atoms with Gasteiger partial charge in [0.05, 0.1) is 12.3 Å². The summed E-state index contributed by atoms with van der Waals surface area (Å²) in [6.45, 7) is 5.25. The number of benzene rings is 2. The van der Waals surface area contributed by atoms with E-state index in [9.17, 15) is 0 Å². The Labute approximate surface area is 143 Å². The predicted octanol–water partition coefficient (Wildman–Crippen LogP) is 5.35. The molecule has 124 valence electrons. The van der Waals surface area contributed by atoms with Crippen LogP contribution < -0.4 is 0 Å². The highest BCUT2D eigenvalue weighted by Crippen LogP contribution is 2.44. The molecular weight excluding hydrogens is 294 g/mol. The lowest BCUT2D eigenvalue weighted by Gasteiger charge is -2.38. The molecule has 1 aliphatic heterocycles. The molecule has 1 N–H and O–H groups in total. The minimum atomic E-state index is -0.340. The standard InChI is InChI=1S/C22H25NO/c1-3-14-22(17-10-6-5-7-11-17)21-19(13-15-24-22)18-12-8-9-16(4-2)20(18)23-21/h5-12,23H,3-4,13-15H2,1-2H3. The van der Waals surface area contributed by atoms with Crippen LogP contribution >= 0.6 is 0 Å². The van der Waals surface area contributed by atoms with Gasteiger partial charge in [-0.3, -0.25) is 0 Å². The smallest absolute Gasteiger partial charge is 0.133 e. The second-order valence-electron chi connectivity index (χ2n) is 6.71. The fraction of sp³-hybridized carbons (Fsp3) is 0.364. The molecule has 2 heterocycles. The number of para-hydroxylation sites is 1. The Bertz CT molecular complexity index is 849. The Kier molecular flexibility index (Phi) is 3.93. The number of ether oxygens (including phenoxy) is 1. The van der Waals surface area contributed by atoms with Crippen molar-refractivity contribution in [1.29, 1.82) is 0 Å². The van der Waals surface area contributed by atoms with Crippen LogP contribution in [0.5, 0.6) is 0 Å². The van der Waals surface area contributed by atoms with Gasteiger partial charge in [0.1, 0.15) is 5.60 Å². The number of hydrogen-bond donors (Lipinski definition) is 1. The normalized spacial score (nSPS) is 20.2. The third kappa shape index (κ3) is 2.21. The van der Waals surface area contributed by atoms with Crippen molar-refractivity contribution in [3.63, 3.8) is 0 Å². The Morgan fingerprint density at radius 2 is 1.88 bits per heavy atom. The van der Waals surface area contributed by atoms with Crippen LogP contribution in [0.2, 0.25) is 0 Å². The van der Waals surface area contributed by atoms with E-state index in [1.807, 2.05) is 0 Å². The number of fused-ring (bicyclic) bond motifs is 3. The molecule has 4 rings (SSSR count). The summed E-state index contributed by atoms with van der Waals surface area (Å²) in [5.74, 6) is 0. The topological polar surface area (TPSA) is 25.0 Å². The second-order valence-corrected chi connectivity index (χ2v) is 6.71. The highest BCUT2D eigenvalue weighted by atomic mass is 16.5. The quantitative estimate of drug-likeness (QED) is 0.689. The lowest BCUT2D eigenvalue weighted by atomic mass is 9.81. The zero-order valence-corrected chi connectivity index (χ0v) is 14.6. The summed E-state index contributed by atoms with van der Waals surface area (Å²) < 4.78 is 6.49. The fourth-order valence-corrected chi connectivity index (χ4v) is 4.26. The summed E-state index contributed by atoms with van der Waals surface area (Å²) in [5.41, 5.74) is 6.33. The molecule has 0 amide bonds. The Hall–Kier alpha value is -2.06. The van der Waals surface area contributed by atoms with E-state index in [2.05, 4.69) is 67.4 Å². The van der Waals surface area contributed by atoms with Crippen LogP contribution in [0.25, 0.3) is 10.9 Å². The maximum atomic E-state index is 6.49. The van der Waals surface area contributed by atoms with Crippen molar-refractivity contribution in [3.05, 3.63) is 70.9 Å². The highest BCUT2D eigenvalue weighted by Gasteiger charge is 2.41. The average molecular weight is 319 g/mol. The van der Waals surface area contributed by atoms with Crippen molar-refractivity contribution in [2.45, 2.75) is 45.1 Å². The molecule has 0 saturated heterocycles. The van der Waals surface area contributed by atoms with E-state index in [1.165, 1.54) is 33.3 Å². The minimum absolute atomic E-state index is 0.340. The molecule has 1 aliphatic rings. The number of aryl methyl sites for hydroxylation is 1. The average Bonchev–Trinajstić information content (AvgIpc) is 3.03. The molecule has 0 fully saturated rings. The Morgan fingerprint density at radius 3 is 2.62 bits per heavy atom. The van der Waals surface area contributed by atoms with Gasteiger partial charge in [-0.15, -0.1) is 0 Å². The number of hydrogen-bond acceptors (Lipinski definition) is 1. The summed E-state index contributed by atoms with van der Waals surface area (Å²) in [7, 11) is 0. The second kappa shape index (κ2) is 6.10. The summed E-state index contributed by atoms with van der Waals surface area (Å²) in [5, 5.41) is 1.38. The largest absolute Gasteiger partial charge is 0.364 e. The van der Waals surface area contributed by atoms with Gasteiger partial charge in [-0.25, -0.2) is 0 Å². The summed E-state index contributed by atoms with van der Waals surface area (Å²) in [6.07, 6.45) is 4.12. The van der Waals surface area contributed by atoms with E-state index in [4.69, 9.17) is 4.74 Å². The lowest BCUT2D eigenvalue weighted by molar-refractivity contribution is -0.0375. The molecule has 0 aliphatic carbocycles. The van der Waals surface area contributed by atoms with Gasteiger partial charge in [0, 0.05) is 10.9 Å². The van der Waals surface area contributed by atoms with Gasteiger partial charge < -0.3 is 9.72 Å². The molecule has 2 aromatic carbocycles. The van der Waals surface area contributed by atoms with Crippen molar-refractivity contribution < 1.29 is 4.74 Å². The first-order valence-corrected chi connectivity index (χ1v) is 9.12. The van der Waals surface area contributed by atoms with Gasteiger partial charge in [0.2, 0.25) is 0 Å². The molecule has 1 aromatic heterocycles. The van der Waals surface area contributed by atoms with E-state index in [-0.39, 0.29) is 5.60 Å². The molecular formula is C22H25NO. The maximum Gasteiger partial charge on any atom is 0.133 e. The fourth-order valence-electron chi connectivity index (χ4n) is 4.26. The van der Waals surface area contributed by atoms with Crippen LogP contribution in [0.4, 0.5) is 0 Å². The first kappa shape index (κ1) is 15.5. The van der Waals surface area contributed by atoms with Crippen LogP contribution in [-0.4, -0.2) is 11.6 Å². The van der Waals surface area contributed by atoms with Crippen molar-refractivity contribution in [3.8, 4) is 0 Å². The van der Waals surface area contributed by atoms with E-state index < -0.39 is 0 Å². The molecule has 0 radical (unpaired) electrons. The zero-order valence-electron chi connectivity index (χ0n) is 14.6. The first-order valence-electron chi connectivity index (χ1n) is 9.12. The SMILES string of the molecule is CCCC1(c2ccccc2)OCCc2c1[nH]c1c(CC)cccc21. The zero-order chi connectivity index (χ0) is 16.6. The van der Waals surface area contributed by atoms with Crippen molar-refractivity contribution in [2.75, 3.05) is 6.61 Å². The monoisotopic (exact) mass is 319 g/mol. The predicted molar refractivity (Wildman–Crippen MR) is 99.5 cm³/mol. The molecule has 24 heavy (non-hydrogen) atoms. The summed E-state index contributed by atoms with van der Waals surface area (Å²) >= 11 is 0. The third-order valence-electron chi connectivity index (χ3n) is 5.36. The van der Waals surface area contributed by atoms with Crippen LogP contribution in [0.15, 0.2) is 48.5 Å². The van der Waals surface area contributed by atoms with E-state index in [1.54, 1.807) is 0 Å². The molecule has 0 saturated carbocycles. The summed E-state index contributed by atoms with van der Waals surface area (Å²) in [6, 6.07) is 17.4. The van der Waals surface area contributed by atoms with Crippen LogP contribution in [-0.2, 0) is 23.2 Å². The van der Waals surface area contributed by atoms with Gasteiger partial charge in [-0.1, -0.05) is 68.8 Å². The van der Waals surface area contributed by atoms with E-state index in [0.29, 0.717) is 0 Å². The number of aromatic nitrogens is 1. The van der Waals surface area contributed by atoms with Crippen LogP contribution in [0.1, 0.15) is 49.1 Å². The van der Waals surface area contributed by atoms with Gasteiger partial charge in [-0.2, -0.15) is 0 Å². The molecule has 3 aromatic rings. The number of nitrogens with one attached hydrogen (secondary N) is 1. The molecule has 0 spiro atoms. The van der Waals surface area contributed by atoms with E-state index >= 15 is 0 Å². The van der Waals surface area contributed by atoms with Crippen molar-refractivity contribution >= 4 is 10.9 Å². The van der Waals surface area contributed by atoms with Crippen molar-refractivity contribution in [1.82, 2.24) is 4.98 Å². The molecule has 2 nitrogen and oxygen atoms in total. The van der Waals surface area contributed by atoms with Gasteiger partial charge in [0.25, 0.3) is 0 Å². The van der Waals surface area contributed by atoms with Gasteiger partial charge in [0.15, 0.2) is 0 Å². The Morgan fingerprint density at radius 1 is 1.04 bits per heavy atom. The van der Waals surface area contributed by atoms with Crippen LogP contribution in [0.3, 0.4) is 0 Å². The minimum Gasteiger partial charge on any atom is -0.364 e. The molecule has 0 bridgehead atoms. The molecule has 1 unspecified atom stereocenters. The summed E-state index contributed by atoms with van der Waals surface area (Å²) in [4.78, 5) is 3.78. The Balaban J connectivity index is 2.00. The molecule has 1 atom stereocenters. The van der Waals surface area contributed by atoms with Gasteiger partial charge >= 0.3 is 0 Å². The first-order chi connectivity index (χ1) is 11.8. The lowest BCUT2D eigenvalue weighted by Crippen LogP contribution is -2.36. The van der Waals surface area contributed by atoms with Crippen LogP contribution in [0, 0.1) is 0 Å².